The number of furan rings is 1. The van der Waals surface area contributed by atoms with Crippen LogP contribution in [0.5, 0.6) is 0 Å². The van der Waals surface area contributed by atoms with E-state index in [1.807, 2.05) is 30.3 Å². The summed E-state index contributed by atoms with van der Waals surface area (Å²) in [6, 6.07) is 21.3. The van der Waals surface area contributed by atoms with E-state index in [4.69, 9.17) is 14.0 Å². The maximum Gasteiger partial charge on any atom is 0.145 e. The van der Waals surface area contributed by atoms with Gasteiger partial charge in [0.2, 0.25) is 0 Å². The molecule has 0 aliphatic carbocycles. The number of hydrogen-bond donors (Lipinski definition) is 0. The quantitative estimate of drug-likeness (QED) is 0.295. The predicted molar refractivity (Wildman–Crippen MR) is 129 cm³/mol. The topological polar surface area (TPSA) is 26.0 Å². The number of pyridine rings is 1. The van der Waals surface area contributed by atoms with Crippen LogP contribution in [0.2, 0.25) is 0 Å². The second-order valence-corrected chi connectivity index (χ2v) is 7.87. The lowest BCUT2D eigenvalue weighted by molar-refractivity contribution is 0.644. The molecule has 0 bridgehead atoms. The molecule has 5 aromatic rings. The Morgan fingerprint density at radius 2 is 1.77 bits per heavy atom. The molecule has 0 saturated carbocycles. The number of fused-ring (bicyclic) bond motifs is 3. The van der Waals surface area contributed by atoms with Crippen LogP contribution in [0.15, 0.2) is 83.4 Å². The molecule has 0 aliphatic heterocycles. The Balaban J connectivity index is 1.82. The first-order valence-electron chi connectivity index (χ1n) is 13.8. The van der Waals surface area contributed by atoms with Gasteiger partial charge in [-0.25, -0.2) is 0 Å². The molecule has 2 nitrogen and oxygen atoms in total. The number of rotatable bonds is 5. The van der Waals surface area contributed by atoms with Crippen LogP contribution in [0.1, 0.15) is 45.7 Å². The third kappa shape index (κ3) is 3.74. The van der Waals surface area contributed by atoms with E-state index < -0.39 is 25.5 Å². The standard InChI is InChI=1S/C29H27NO/c1-19(2)15-23-17-26(30-18-20(23)3)24-14-13-22(16-21-9-5-4-6-10-21)28-25-11-7-8-12-27(25)31-29(24)28/h4-14,17-19H,15-16H2,1-3H3/i3D3,15D2,16D2. The molecule has 2 aromatic heterocycles. The molecule has 3 aromatic carbocycles. The predicted octanol–water partition coefficient (Wildman–Crippen LogP) is 7.75. The van der Waals surface area contributed by atoms with Crippen LogP contribution in [0.3, 0.4) is 0 Å². The molecule has 154 valence electrons. The van der Waals surface area contributed by atoms with Gasteiger partial charge in [0, 0.05) is 32.1 Å². The normalized spacial score (nSPS) is 16.3. The molecule has 0 atom stereocenters. The van der Waals surface area contributed by atoms with Gasteiger partial charge in [-0.3, -0.25) is 4.98 Å². The van der Waals surface area contributed by atoms with Crippen LogP contribution in [0, 0.1) is 12.8 Å². The Labute approximate surface area is 193 Å². The molecule has 2 heteroatoms. The van der Waals surface area contributed by atoms with Gasteiger partial charge >= 0.3 is 0 Å². The fourth-order valence-corrected chi connectivity index (χ4v) is 3.84. The van der Waals surface area contributed by atoms with Crippen molar-refractivity contribution in [1.82, 2.24) is 4.98 Å². The van der Waals surface area contributed by atoms with E-state index in [1.54, 1.807) is 50.2 Å². The molecule has 2 heterocycles. The number of aryl methyl sites for hydroxylation is 1. The molecule has 0 spiro atoms. The average molecular weight is 413 g/mol. The van der Waals surface area contributed by atoms with Gasteiger partial charge in [-0.2, -0.15) is 0 Å². The van der Waals surface area contributed by atoms with E-state index in [9.17, 15) is 0 Å². The number of benzene rings is 3. The van der Waals surface area contributed by atoms with Crippen LogP contribution in [0.4, 0.5) is 0 Å². The van der Waals surface area contributed by atoms with Crippen molar-refractivity contribution in [2.75, 3.05) is 0 Å². The molecule has 0 fully saturated rings. The first-order valence-corrected chi connectivity index (χ1v) is 10.3. The molecular formula is C29H27NO. The third-order valence-electron chi connectivity index (χ3n) is 5.20. The smallest absolute Gasteiger partial charge is 0.145 e. The third-order valence-corrected chi connectivity index (χ3v) is 5.20. The Hall–Kier alpha value is -3.39. The lowest BCUT2D eigenvalue weighted by atomic mass is 9.94. The van der Waals surface area contributed by atoms with Crippen molar-refractivity contribution in [3.05, 3.63) is 101 Å². The molecule has 0 radical (unpaired) electrons. The van der Waals surface area contributed by atoms with Gasteiger partial charge in [-0.05, 0) is 66.0 Å². The minimum Gasteiger partial charge on any atom is -0.455 e. The maximum atomic E-state index is 9.04. The zero-order valence-corrected chi connectivity index (χ0v) is 17.4. The minimum absolute atomic E-state index is 0.0606. The summed E-state index contributed by atoms with van der Waals surface area (Å²) in [5.74, 6) is -0.481. The molecule has 0 amide bonds. The zero-order valence-electron chi connectivity index (χ0n) is 24.4. The number of nitrogens with zero attached hydrogens (tertiary/aromatic N) is 1. The molecule has 31 heavy (non-hydrogen) atoms. The summed E-state index contributed by atoms with van der Waals surface area (Å²) in [6.07, 6.45) is -2.52. The van der Waals surface area contributed by atoms with E-state index in [0.29, 0.717) is 38.9 Å². The summed E-state index contributed by atoms with van der Waals surface area (Å²) in [6.45, 7) is 0.885. The monoisotopic (exact) mass is 412 g/mol. The number of aromatic nitrogens is 1. The zero-order chi connectivity index (χ0) is 27.5. The van der Waals surface area contributed by atoms with E-state index in [-0.39, 0.29) is 11.1 Å². The summed E-state index contributed by atoms with van der Waals surface area (Å²) in [5, 5.41) is 1.35. The average Bonchev–Trinajstić information content (AvgIpc) is 3.27. The van der Waals surface area contributed by atoms with Crippen LogP contribution in [-0.2, 0) is 12.7 Å². The molecule has 0 saturated heterocycles. The van der Waals surface area contributed by atoms with E-state index in [0.717, 1.165) is 5.39 Å². The Morgan fingerprint density at radius 3 is 2.58 bits per heavy atom. The van der Waals surface area contributed by atoms with Crippen molar-refractivity contribution in [3.63, 3.8) is 0 Å². The highest BCUT2D eigenvalue weighted by atomic mass is 16.3. The largest absolute Gasteiger partial charge is 0.455 e. The lowest BCUT2D eigenvalue weighted by Crippen LogP contribution is -1.99. The van der Waals surface area contributed by atoms with Crippen molar-refractivity contribution < 1.29 is 14.0 Å². The minimum atomic E-state index is -2.53. The molecule has 0 N–H and O–H groups in total. The Morgan fingerprint density at radius 1 is 0.968 bits per heavy atom. The van der Waals surface area contributed by atoms with Crippen molar-refractivity contribution in [2.24, 2.45) is 5.92 Å². The second-order valence-electron chi connectivity index (χ2n) is 7.87. The summed E-state index contributed by atoms with van der Waals surface area (Å²) in [7, 11) is 0. The number of hydrogen-bond acceptors (Lipinski definition) is 2. The van der Waals surface area contributed by atoms with Gasteiger partial charge in [-0.15, -0.1) is 0 Å². The summed E-state index contributed by atoms with van der Waals surface area (Å²) < 4.78 is 65.6. The van der Waals surface area contributed by atoms with Crippen molar-refractivity contribution >= 4 is 21.9 Å². The van der Waals surface area contributed by atoms with Crippen LogP contribution in [0.25, 0.3) is 33.2 Å². The highest BCUT2D eigenvalue weighted by Gasteiger charge is 2.17. The summed E-state index contributed by atoms with van der Waals surface area (Å²) in [5.41, 5.74) is 2.75. The molecule has 5 rings (SSSR count). The van der Waals surface area contributed by atoms with E-state index in [1.165, 1.54) is 12.3 Å². The Bertz CT molecular complexity index is 1640. The van der Waals surface area contributed by atoms with Crippen molar-refractivity contribution in [2.45, 2.75) is 33.4 Å². The highest BCUT2D eigenvalue weighted by molar-refractivity contribution is 6.11. The molecule has 0 unspecified atom stereocenters. The van der Waals surface area contributed by atoms with Gasteiger partial charge in [-0.1, -0.05) is 68.4 Å². The Kier molecular flexibility index (Phi) is 3.40. The van der Waals surface area contributed by atoms with Gasteiger partial charge in [0.1, 0.15) is 11.2 Å². The van der Waals surface area contributed by atoms with Crippen molar-refractivity contribution in [1.29, 1.82) is 0 Å². The first-order chi connectivity index (χ1) is 17.8. The van der Waals surface area contributed by atoms with E-state index in [2.05, 4.69) is 4.98 Å². The van der Waals surface area contributed by atoms with Crippen molar-refractivity contribution in [3.8, 4) is 11.3 Å². The number of para-hydroxylation sites is 1. The lowest BCUT2D eigenvalue weighted by Gasteiger charge is -2.12. The van der Waals surface area contributed by atoms with Gasteiger partial charge in [0.15, 0.2) is 0 Å². The van der Waals surface area contributed by atoms with Crippen LogP contribution in [-0.4, -0.2) is 4.98 Å². The van der Waals surface area contributed by atoms with Crippen LogP contribution >= 0.6 is 0 Å². The second kappa shape index (κ2) is 8.03. The molecular weight excluding hydrogens is 378 g/mol. The fourth-order valence-electron chi connectivity index (χ4n) is 3.84. The fraction of sp³-hybridized carbons (Fsp3) is 0.207. The highest BCUT2D eigenvalue weighted by Crippen LogP contribution is 2.38. The SMILES string of the molecule is [2H]C([2H])([2H])c1cnc(-c2ccc(C([2H])([2H])c3ccccc3)c3c2oc2ccccc23)cc1C([2H])([2H])C(C)C. The van der Waals surface area contributed by atoms with Gasteiger partial charge in [0.05, 0.1) is 5.69 Å². The van der Waals surface area contributed by atoms with Gasteiger partial charge in [0.25, 0.3) is 0 Å². The summed E-state index contributed by atoms with van der Waals surface area (Å²) >= 11 is 0. The van der Waals surface area contributed by atoms with E-state index >= 15 is 0 Å². The van der Waals surface area contributed by atoms with Crippen LogP contribution < -0.4 is 0 Å². The van der Waals surface area contributed by atoms with Gasteiger partial charge < -0.3 is 4.42 Å². The summed E-state index contributed by atoms with van der Waals surface area (Å²) in [4.78, 5) is 4.44. The first kappa shape index (κ1) is 13.1. The molecule has 0 aliphatic rings. The maximum absolute atomic E-state index is 9.04.